The molecule has 2 nitrogen and oxygen atoms in total. The number of nitrogens with one attached hydrogen (secondary N) is 1. The lowest BCUT2D eigenvalue weighted by atomic mass is 9.93. The Morgan fingerprint density at radius 1 is 1.00 bits per heavy atom. The van der Waals surface area contributed by atoms with Gasteiger partial charge in [0.15, 0.2) is 0 Å². The molecule has 2 aromatic carbocycles. The van der Waals surface area contributed by atoms with Crippen molar-refractivity contribution in [2.45, 2.75) is 33.1 Å². The van der Waals surface area contributed by atoms with E-state index in [4.69, 9.17) is 0 Å². The molecule has 0 unspecified atom stereocenters. The van der Waals surface area contributed by atoms with Gasteiger partial charge in [-0.3, -0.25) is 0 Å². The van der Waals surface area contributed by atoms with Gasteiger partial charge in [-0.25, -0.2) is 0 Å². The van der Waals surface area contributed by atoms with Crippen molar-refractivity contribution >= 4 is 11.8 Å². The largest absolute Gasteiger partial charge is 0.507 e. The average Bonchev–Trinajstić information content (AvgIpc) is 2.56. The van der Waals surface area contributed by atoms with Gasteiger partial charge < -0.3 is 10.4 Å². The SMILES string of the molecule is C=Cc1ccc(-c2ccc(NC=C3CCC3)cc2)cc1O.CC. The molecule has 1 fully saturated rings. The third kappa shape index (κ3) is 4.26. The predicted octanol–water partition coefficient (Wildman–Crippen LogP) is 6.21. The van der Waals surface area contributed by atoms with E-state index in [9.17, 15) is 5.11 Å². The molecule has 1 saturated carbocycles. The standard InChI is InChI=1S/C19H19NO.C2H6/c1-2-15-6-7-17(12-19(15)21)16-8-10-18(11-9-16)20-13-14-4-3-5-14;1-2/h2,6-13,20-21H,1,3-5H2;1-2H3. The van der Waals surface area contributed by atoms with Crippen LogP contribution >= 0.6 is 0 Å². The molecular weight excluding hydrogens is 282 g/mol. The summed E-state index contributed by atoms with van der Waals surface area (Å²) in [6, 6.07) is 13.9. The Morgan fingerprint density at radius 2 is 1.65 bits per heavy atom. The van der Waals surface area contributed by atoms with Crippen LogP contribution in [0.1, 0.15) is 38.7 Å². The van der Waals surface area contributed by atoms with Crippen molar-refractivity contribution in [1.29, 1.82) is 0 Å². The van der Waals surface area contributed by atoms with Gasteiger partial charge in [0.2, 0.25) is 0 Å². The van der Waals surface area contributed by atoms with Crippen LogP contribution in [-0.2, 0) is 0 Å². The second-order valence-corrected chi connectivity index (χ2v) is 5.36. The number of hydrogen-bond donors (Lipinski definition) is 2. The number of hydrogen-bond acceptors (Lipinski definition) is 2. The van der Waals surface area contributed by atoms with E-state index < -0.39 is 0 Å². The minimum Gasteiger partial charge on any atom is -0.507 e. The minimum absolute atomic E-state index is 0.263. The van der Waals surface area contributed by atoms with Crippen LogP contribution in [0.4, 0.5) is 5.69 Å². The fraction of sp³-hybridized carbons (Fsp3) is 0.238. The topological polar surface area (TPSA) is 32.3 Å². The predicted molar refractivity (Wildman–Crippen MR) is 101 cm³/mol. The highest BCUT2D eigenvalue weighted by atomic mass is 16.3. The Hall–Kier alpha value is -2.48. The molecule has 0 heterocycles. The smallest absolute Gasteiger partial charge is 0.123 e. The molecule has 0 aromatic heterocycles. The molecule has 0 spiro atoms. The van der Waals surface area contributed by atoms with Gasteiger partial charge in [0.25, 0.3) is 0 Å². The normalized spacial score (nSPS) is 12.5. The van der Waals surface area contributed by atoms with E-state index in [1.807, 2.05) is 26.0 Å². The van der Waals surface area contributed by atoms with Gasteiger partial charge in [-0.2, -0.15) is 0 Å². The number of phenols is 1. The van der Waals surface area contributed by atoms with E-state index >= 15 is 0 Å². The van der Waals surface area contributed by atoms with Crippen LogP contribution in [-0.4, -0.2) is 5.11 Å². The number of aromatic hydroxyl groups is 1. The van der Waals surface area contributed by atoms with Crippen molar-refractivity contribution in [3.8, 4) is 16.9 Å². The zero-order valence-corrected chi connectivity index (χ0v) is 14.0. The highest BCUT2D eigenvalue weighted by molar-refractivity contribution is 5.70. The first-order chi connectivity index (χ1) is 11.3. The second-order valence-electron chi connectivity index (χ2n) is 5.36. The first-order valence-electron chi connectivity index (χ1n) is 8.26. The monoisotopic (exact) mass is 307 g/mol. The third-order valence-corrected chi connectivity index (χ3v) is 3.91. The Kier molecular flexibility index (Phi) is 6.04. The molecule has 0 aliphatic heterocycles. The average molecular weight is 307 g/mol. The van der Waals surface area contributed by atoms with Crippen molar-refractivity contribution < 1.29 is 5.11 Å². The minimum atomic E-state index is 0.263. The summed E-state index contributed by atoms with van der Waals surface area (Å²) in [6.07, 6.45) is 7.53. The van der Waals surface area contributed by atoms with Crippen LogP contribution < -0.4 is 5.32 Å². The molecule has 3 rings (SSSR count). The Morgan fingerprint density at radius 3 is 2.17 bits per heavy atom. The lowest BCUT2D eigenvalue weighted by molar-refractivity contribution is 0.474. The second kappa shape index (κ2) is 8.23. The third-order valence-electron chi connectivity index (χ3n) is 3.91. The molecule has 2 aromatic rings. The van der Waals surface area contributed by atoms with Gasteiger partial charge in [0, 0.05) is 17.5 Å². The Labute approximate surface area is 139 Å². The molecular formula is C21H25NO. The van der Waals surface area contributed by atoms with Crippen molar-refractivity contribution in [3.63, 3.8) is 0 Å². The molecule has 0 atom stereocenters. The number of phenolic OH excluding ortho intramolecular Hbond substituents is 1. The van der Waals surface area contributed by atoms with Crippen LogP contribution in [0, 0.1) is 0 Å². The maximum absolute atomic E-state index is 9.89. The Balaban J connectivity index is 0.000000924. The van der Waals surface area contributed by atoms with E-state index in [1.54, 1.807) is 12.1 Å². The first kappa shape index (κ1) is 16.9. The van der Waals surface area contributed by atoms with E-state index in [0.717, 1.165) is 22.4 Å². The molecule has 1 aliphatic carbocycles. The van der Waals surface area contributed by atoms with Crippen molar-refractivity contribution in [2.24, 2.45) is 0 Å². The van der Waals surface area contributed by atoms with Crippen molar-refractivity contribution in [1.82, 2.24) is 0 Å². The summed E-state index contributed by atoms with van der Waals surface area (Å²) in [6.45, 7) is 7.68. The molecule has 1 aliphatic rings. The number of anilines is 1. The van der Waals surface area contributed by atoms with Gasteiger partial charge in [-0.05, 0) is 48.6 Å². The van der Waals surface area contributed by atoms with Crippen LogP contribution in [0.25, 0.3) is 17.2 Å². The summed E-state index contributed by atoms with van der Waals surface area (Å²) < 4.78 is 0. The Bertz CT molecular complexity index is 677. The van der Waals surface area contributed by atoms with Gasteiger partial charge in [0.1, 0.15) is 5.75 Å². The molecule has 0 bridgehead atoms. The summed E-state index contributed by atoms with van der Waals surface area (Å²) in [5, 5.41) is 13.2. The zero-order valence-electron chi connectivity index (χ0n) is 14.0. The lowest BCUT2D eigenvalue weighted by Gasteiger charge is -2.16. The molecule has 0 saturated heterocycles. The van der Waals surface area contributed by atoms with Gasteiger partial charge in [-0.15, -0.1) is 0 Å². The summed E-state index contributed by atoms with van der Waals surface area (Å²) >= 11 is 0. The quantitative estimate of drug-likeness (QED) is 0.704. The fourth-order valence-corrected chi connectivity index (χ4v) is 2.37. The maximum Gasteiger partial charge on any atom is 0.123 e. The highest BCUT2D eigenvalue weighted by Gasteiger charge is 2.07. The molecule has 0 radical (unpaired) electrons. The van der Waals surface area contributed by atoms with Gasteiger partial charge >= 0.3 is 0 Å². The number of allylic oxidation sites excluding steroid dienone is 1. The molecule has 0 amide bonds. The first-order valence-corrected chi connectivity index (χ1v) is 8.26. The van der Waals surface area contributed by atoms with E-state index in [1.165, 1.54) is 24.8 Å². The summed E-state index contributed by atoms with van der Waals surface area (Å²) in [7, 11) is 0. The number of rotatable bonds is 4. The maximum atomic E-state index is 9.89. The van der Waals surface area contributed by atoms with Gasteiger partial charge in [0.05, 0.1) is 0 Å². The van der Waals surface area contributed by atoms with Crippen LogP contribution in [0.15, 0.2) is 60.8 Å². The summed E-state index contributed by atoms with van der Waals surface area (Å²) in [5.41, 5.74) is 5.42. The zero-order chi connectivity index (χ0) is 16.7. The fourth-order valence-electron chi connectivity index (χ4n) is 2.37. The van der Waals surface area contributed by atoms with Crippen LogP contribution in [0.3, 0.4) is 0 Å². The van der Waals surface area contributed by atoms with E-state index in [0.29, 0.717) is 0 Å². The van der Waals surface area contributed by atoms with Crippen LogP contribution in [0.5, 0.6) is 5.75 Å². The highest BCUT2D eigenvalue weighted by Crippen LogP contribution is 2.28. The van der Waals surface area contributed by atoms with Crippen molar-refractivity contribution in [3.05, 3.63) is 66.4 Å². The van der Waals surface area contributed by atoms with Gasteiger partial charge in [-0.1, -0.05) is 56.3 Å². The van der Waals surface area contributed by atoms with E-state index in [-0.39, 0.29) is 5.75 Å². The lowest BCUT2D eigenvalue weighted by Crippen LogP contribution is -2.00. The molecule has 2 heteroatoms. The molecule has 2 N–H and O–H groups in total. The van der Waals surface area contributed by atoms with Crippen molar-refractivity contribution in [2.75, 3.05) is 5.32 Å². The summed E-state index contributed by atoms with van der Waals surface area (Å²) in [4.78, 5) is 0. The number of benzene rings is 2. The molecule has 23 heavy (non-hydrogen) atoms. The van der Waals surface area contributed by atoms with E-state index in [2.05, 4.69) is 42.4 Å². The van der Waals surface area contributed by atoms with Crippen LogP contribution in [0.2, 0.25) is 0 Å². The molecule has 120 valence electrons. The summed E-state index contributed by atoms with van der Waals surface area (Å²) in [5.74, 6) is 0.263.